The van der Waals surface area contributed by atoms with Gasteiger partial charge in [0.15, 0.2) is 0 Å². The summed E-state index contributed by atoms with van der Waals surface area (Å²) in [6.45, 7) is 2.18. The molecule has 1 aromatic rings. The average molecular weight is 266 g/mol. The summed E-state index contributed by atoms with van der Waals surface area (Å²) in [5.41, 5.74) is 5.56. The Bertz CT molecular complexity index is 369. The minimum absolute atomic E-state index is 0. The normalized spacial score (nSPS) is 11.4. The van der Waals surface area contributed by atoms with Crippen LogP contribution in [0.15, 0.2) is 18.2 Å². The van der Waals surface area contributed by atoms with Gasteiger partial charge in [-0.2, -0.15) is 0 Å². The molecule has 1 rings (SSSR count). The number of ether oxygens (including phenoxy) is 1. The van der Waals surface area contributed by atoms with Gasteiger partial charge in [0.05, 0.1) is 10.6 Å². The third-order valence-corrected chi connectivity index (χ3v) is 2.00. The van der Waals surface area contributed by atoms with Crippen LogP contribution in [0.3, 0.4) is 0 Å². The van der Waals surface area contributed by atoms with Gasteiger partial charge in [0, 0.05) is 6.04 Å². The molecule has 3 N–H and O–H groups in total. The molecule has 0 spiro atoms. The first kappa shape index (κ1) is 15.0. The van der Waals surface area contributed by atoms with Crippen LogP contribution in [-0.4, -0.2) is 23.7 Å². The Balaban J connectivity index is 0.00000225. The number of rotatable bonds is 4. The summed E-state index contributed by atoms with van der Waals surface area (Å²) in [6.07, 6.45) is 0. The van der Waals surface area contributed by atoms with Crippen LogP contribution in [0.25, 0.3) is 0 Å². The fourth-order valence-corrected chi connectivity index (χ4v) is 1.24. The number of hydrogen-bond acceptors (Lipinski definition) is 3. The van der Waals surface area contributed by atoms with Crippen molar-refractivity contribution in [3.05, 3.63) is 28.8 Å². The number of carboxylic acids is 1. The highest BCUT2D eigenvalue weighted by molar-refractivity contribution is 6.33. The summed E-state index contributed by atoms with van der Waals surface area (Å²) in [5.74, 6) is -0.541. The van der Waals surface area contributed by atoms with E-state index in [1.54, 1.807) is 6.07 Å². The van der Waals surface area contributed by atoms with Crippen LogP contribution in [0.1, 0.15) is 17.3 Å². The first-order chi connectivity index (χ1) is 7.00. The monoisotopic (exact) mass is 265 g/mol. The van der Waals surface area contributed by atoms with Gasteiger partial charge < -0.3 is 15.6 Å². The highest BCUT2D eigenvalue weighted by Crippen LogP contribution is 2.22. The molecule has 1 aromatic carbocycles. The fourth-order valence-electron chi connectivity index (χ4n) is 0.987. The lowest BCUT2D eigenvalue weighted by molar-refractivity contribution is 0.0697. The number of benzene rings is 1. The quantitative estimate of drug-likeness (QED) is 0.876. The molecule has 0 heterocycles. The molecule has 16 heavy (non-hydrogen) atoms. The van der Waals surface area contributed by atoms with Gasteiger partial charge >= 0.3 is 5.97 Å². The van der Waals surface area contributed by atoms with Crippen molar-refractivity contribution in [1.82, 2.24) is 0 Å². The van der Waals surface area contributed by atoms with Crippen LogP contribution >= 0.6 is 24.0 Å². The molecule has 90 valence electrons. The maximum atomic E-state index is 10.7. The zero-order chi connectivity index (χ0) is 11.4. The number of carbonyl (C=O) groups is 1. The molecule has 0 aliphatic rings. The smallest absolute Gasteiger partial charge is 0.337 e. The fraction of sp³-hybridized carbons (Fsp3) is 0.300. The lowest BCUT2D eigenvalue weighted by atomic mass is 10.2. The van der Waals surface area contributed by atoms with Crippen molar-refractivity contribution in [2.24, 2.45) is 5.73 Å². The van der Waals surface area contributed by atoms with Crippen molar-refractivity contribution in [2.75, 3.05) is 6.61 Å². The maximum absolute atomic E-state index is 10.7. The summed E-state index contributed by atoms with van der Waals surface area (Å²) in [5, 5.41) is 8.89. The predicted molar refractivity (Wildman–Crippen MR) is 64.8 cm³/mol. The van der Waals surface area contributed by atoms with Gasteiger partial charge in [0.1, 0.15) is 12.4 Å². The molecule has 4 nitrogen and oxygen atoms in total. The van der Waals surface area contributed by atoms with Crippen molar-refractivity contribution >= 4 is 30.0 Å². The van der Waals surface area contributed by atoms with Crippen LogP contribution < -0.4 is 10.5 Å². The van der Waals surface area contributed by atoms with Gasteiger partial charge in [-0.15, -0.1) is 12.4 Å². The van der Waals surface area contributed by atoms with Crippen molar-refractivity contribution < 1.29 is 14.6 Å². The zero-order valence-electron chi connectivity index (χ0n) is 8.64. The van der Waals surface area contributed by atoms with Crippen LogP contribution in [0.2, 0.25) is 5.02 Å². The molecule has 0 aromatic heterocycles. The lowest BCUT2D eigenvalue weighted by Crippen LogP contribution is -2.23. The Morgan fingerprint density at radius 1 is 1.62 bits per heavy atom. The van der Waals surface area contributed by atoms with Crippen LogP contribution in [0.5, 0.6) is 5.75 Å². The number of hydrogen-bond donors (Lipinski definition) is 2. The van der Waals surface area contributed by atoms with E-state index in [2.05, 4.69) is 0 Å². The topological polar surface area (TPSA) is 72.5 Å². The van der Waals surface area contributed by atoms with Crippen molar-refractivity contribution in [2.45, 2.75) is 13.0 Å². The average Bonchev–Trinajstić information content (AvgIpc) is 2.14. The van der Waals surface area contributed by atoms with E-state index in [1.807, 2.05) is 6.92 Å². The van der Waals surface area contributed by atoms with E-state index in [0.717, 1.165) is 0 Å². The molecular weight excluding hydrogens is 253 g/mol. The predicted octanol–water partition coefficient (Wildman–Crippen LogP) is 2.19. The Morgan fingerprint density at radius 3 is 2.69 bits per heavy atom. The van der Waals surface area contributed by atoms with E-state index in [-0.39, 0.29) is 29.0 Å². The lowest BCUT2D eigenvalue weighted by Gasteiger charge is -2.09. The van der Waals surface area contributed by atoms with Crippen LogP contribution in [-0.2, 0) is 0 Å². The molecule has 6 heteroatoms. The van der Waals surface area contributed by atoms with Crippen molar-refractivity contribution in [3.8, 4) is 5.75 Å². The standard InChI is InChI=1S/C10H12ClNO3.ClH/c1-6(12)5-15-7-2-3-8(10(13)14)9(11)4-7;/h2-4,6H,5,12H2,1H3,(H,13,14);1H. The summed E-state index contributed by atoms with van der Waals surface area (Å²) in [6, 6.07) is 4.34. The molecule has 0 radical (unpaired) electrons. The number of nitrogens with two attached hydrogens (primary N) is 1. The van der Waals surface area contributed by atoms with E-state index in [1.165, 1.54) is 12.1 Å². The second kappa shape index (κ2) is 6.58. The Labute approximate surface area is 105 Å². The minimum atomic E-state index is -1.06. The van der Waals surface area contributed by atoms with Gasteiger partial charge in [-0.25, -0.2) is 4.79 Å². The second-order valence-electron chi connectivity index (χ2n) is 3.24. The van der Waals surface area contributed by atoms with E-state index in [4.69, 9.17) is 27.2 Å². The summed E-state index contributed by atoms with van der Waals surface area (Å²) >= 11 is 5.75. The Morgan fingerprint density at radius 2 is 2.25 bits per heavy atom. The highest BCUT2D eigenvalue weighted by atomic mass is 35.5. The third kappa shape index (κ3) is 4.26. The molecule has 1 unspecified atom stereocenters. The summed E-state index contributed by atoms with van der Waals surface area (Å²) in [4.78, 5) is 10.7. The first-order valence-corrected chi connectivity index (χ1v) is 4.79. The zero-order valence-corrected chi connectivity index (χ0v) is 10.2. The van der Waals surface area contributed by atoms with E-state index >= 15 is 0 Å². The molecule has 0 amide bonds. The molecule has 0 saturated heterocycles. The maximum Gasteiger partial charge on any atom is 0.337 e. The highest BCUT2D eigenvalue weighted by Gasteiger charge is 2.09. The number of aromatic carboxylic acids is 1. The molecular formula is C10H13Cl2NO3. The molecule has 0 saturated carbocycles. The molecule has 0 bridgehead atoms. The third-order valence-electron chi connectivity index (χ3n) is 1.68. The van der Waals surface area contributed by atoms with Gasteiger partial charge in [-0.3, -0.25) is 0 Å². The van der Waals surface area contributed by atoms with Crippen LogP contribution in [0, 0.1) is 0 Å². The summed E-state index contributed by atoms with van der Waals surface area (Å²) < 4.78 is 5.28. The molecule has 0 aliphatic heterocycles. The van der Waals surface area contributed by atoms with Crippen molar-refractivity contribution in [1.29, 1.82) is 0 Å². The molecule has 0 aliphatic carbocycles. The number of halogens is 2. The Kier molecular flexibility index (Phi) is 6.18. The van der Waals surface area contributed by atoms with Crippen LogP contribution in [0.4, 0.5) is 0 Å². The number of carboxylic acid groups (broad SMARTS) is 1. The van der Waals surface area contributed by atoms with Gasteiger partial charge in [0.25, 0.3) is 0 Å². The van der Waals surface area contributed by atoms with Gasteiger partial charge in [0.2, 0.25) is 0 Å². The van der Waals surface area contributed by atoms with Crippen molar-refractivity contribution in [3.63, 3.8) is 0 Å². The minimum Gasteiger partial charge on any atom is -0.492 e. The van der Waals surface area contributed by atoms with E-state index < -0.39 is 5.97 Å². The SMILES string of the molecule is CC(N)COc1ccc(C(=O)O)c(Cl)c1.Cl. The van der Waals surface area contributed by atoms with E-state index in [0.29, 0.717) is 12.4 Å². The first-order valence-electron chi connectivity index (χ1n) is 4.42. The largest absolute Gasteiger partial charge is 0.492 e. The molecule has 0 fully saturated rings. The van der Waals surface area contributed by atoms with E-state index in [9.17, 15) is 4.79 Å². The molecule has 1 atom stereocenters. The second-order valence-corrected chi connectivity index (χ2v) is 3.64. The van der Waals surface area contributed by atoms with Gasteiger partial charge in [-0.1, -0.05) is 11.6 Å². The Hall–Kier alpha value is -0.970. The summed E-state index contributed by atoms with van der Waals surface area (Å²) in [7, 11) is 0. The van der Waals surface area contributed by atoms with Gasteiger partial charge in [-0.05, 0) is 25.1 Å².